The topological polar surface area (TPSA) is 0 Å². The summed E-state index contributed by atoms with van der Waals surface area (Å²) < 4.78 is 14.2. The van der Waals surface area contributed by atoms with Crippen molar-refractivity contribution < 1.29 is 4.39 Å². The molecule has 2 rings (SSSR count). The maximum Gasteiger partial charge on any atom is 0.104 e. The third-order valence-electron chi connectivity index (χ3n) is 5.22. The summed E-state index contributed by atoms with van der Waals surface area (Å²) in [7, 11) is 0. The Labute approximate surface area is 120 Å². The van der Waals surface area contributed by atoms with Crippen LogP contribution in [0.5, 0.6) is 0 Å². The van der Waals surface area contributed by atoms with Crippen LogP contribution in [0.3, 0.4) is 0 Å². The van der Waals surface area contributed by atoms with Crippen molar-refractivity contribution in [2.75, 3.05) is 0 Å². The van der Waals surface area contributed by atoms with Gasteiger partial charge < -0.3 is 0 Å². The zero-order valence-electron chi connectivity index (χ0n) is 11.7. The van der Waals surface area contributed by atoms with E-state index in [0.29, 0.717) is 16.7 Å². The van der Waals surface area contributed by atoms with E-state index in [0.717, 1.165) is 18.8 Å². The van der Waals surface area contributed by atoms with Crippen molar-refractivity contribution in [2.45, 2.75) is 82.1 Å². The number of alkyl halides is 2. The molecule has 0 aliphatic heterocycles. The van der Waals surface area contributed by atoms with E-state index in [1.165, 1.54) is 51.4 Å². The van der Waals surface area contributed by atoms with E-state index in [2.05, 4.69) is 22.9 Å². The van der Waals surface area contributed by atoms with Crippen molar-refractivity contribution in [3.05, 3.63) is 0 Å². The lowest BCUT2D eigenvalue weighted by molar-refractivity contribution is 0.0834. The van der Waals surface area contributed by atoms with Crippen LogP contribution in [0.1, 0.15) is 71.1 Å². The van der Waals surface area contributed by atoms with Crippen molar-refractivity contribution in [1.29, 1.82) is 0 Å². The maximum absolute atomic E-state index is 14.2. The fourth-order valence-electron chi connectivity index (χ4n) is 4.02. The average molecular weight is 319 g/mol. The van der Waals surface area contributed by atoms with Gasteiger partial charge in [0, 0.05) is 4.83 Å². The minimum absolute atomic E-state index is 0.380. The molecule has 3 unspecified atom stereocenters. The van der Waals surface area contributed by atoms with Gasteiger partial charge in [-0.15, -0.1) is 0 Å². The first kappa shape index (κ1) is 14.8. The SMILES string of the molecule is CCCCC1CCC(C2CCC(Br)CC2F)CC1. The van der Waals surface area contributed by atoms with Gasteiger partial charge in [-0.3, -0.25) is 0 Å². The van der Waals surface area contributed by atoms with Gasteiger partial charge in [-0.25, -0.2) is 4.39 Å². The smallest absolute Gasteiger partial charge is 0.104 e. The summed E-state index contributed by atoms with van der Waals surface area (Å²) in [4.78, 5) is 0.435. The van der Waals surface area contributed by atoms with Crippen molar-refractivity contribution in [3.63, 3.8) is 0 Å². The molecule has 2 saturated carbocycles. The molecule has 0 spiro atoms. The normalized spacial score (nSPS) is 41.8. The van der Waals surface area contributed by atoms with E-state index in [4.69, 9.17) is 0 Å². The van der Waals surface area contributed by atoms with Gasteiger partial charge in [-0.2, -0.15) is 0 Å². The third kappa shape index (κ3) is 3.95. The highest BCUT2D eigenvalue weighted by atomic mass is 79.9. The average Bonchev–Trinajstić information content (AvgIpc) is 2.37. The fraction of sp³-hybridized carbons (Fsp3) is 1.00. The summed E-state index contributed by atoms with van der Waals surface area (Å²) in [6.07, 6.45) is 12.0. The monoisotopic (exact) mass is 318 g/mol. The van der Waals surface area contributed by atoms with Gasteiger partial charge in [0.15, 0.2) is 0 Å². The van der Waals surface area contributed by atoms with Gasteiger partial charge in [0.25, 0.3) is 0 Å². The van der Waals surface area contributed by atoms with Gasteiger partial charge in [0.1, 0.15) is 6.17 Å². The zero-order chi connectivity index (χ0) is 13.0. The van der Waals surface area contributed by atoms with Crippen molar-refractivity contribution in [1.82, 2.24) is 0 Å². The predicted octanol–water partition coefficient (Wildman–Crippen LogP) is 5.88. The zero-order valence-corrected chi connectivity index (χ0v) is 13.3. The van der Waals surface area contributed by atoms with Crippen molar-refractivity contribution in [3.8, 4) is 0 Å². The second kappa shape index (κ2) is 7.26. The lowest BCUT2D eigenvalue weighted by atomic mass is 9.69. The van der Waals surface area contributed by atoms with Crippen LogP contribution in [-0.2, 0) is 0 Å². The molecule has 2 aliphatic carbocycles. The molecule has 0 aromatic rings. The van der Waals surface area contributed by atoms with E-state index in [9.17, 15) is 4.39 Å². The molecule has 0 nitrogen and oxygen atoms in total. The number of rotatable bonds is 4. The second-order valence-electron chi connectivity index (χ2n) is 6.51. The molecule has 3 atom stereocenters. The van der Waals surface area contributed by atoms with E-state index in [1.54, 1.807) is 0 Å². The molecule has 0 N–H and O–H groups in total. The second-order valence-corrected chi connectivity index (χ2v) is 7.81. The molecule has 2 fully saturated rings. The summed E-state index contributed by atoms with van der Waals surface area (Å²) >= 11 is 3.58. The van der Waals surface area contributed by atoms with Gasteiger partial charge >= 0.3 is 0 Å². The number of unbranched alkanes of at least 4 members (excludes halogenated alkanes) is 1. The lowest BCUT2D eigenvalue weighted by Crippen LogP contribution is -2.34. The van der Waals surface area contributed by atoms with E-state index < -0.39 is 6.17 Å². The van der Waals surface area contributed by atoms with Crippen LogP contribution in [-0.4, -0.2) is 11.0 Å². The Bertz CT molecular complexity index is 235. The Morgan fingerprint density at radius 3 is 2.39 bits per heavy atom. The van der Waals surface area contributed by atoms with E-state index in [-0.39, 0.29) is 0 Å². The van der Waals surface area contributed by atoms with Crippen LogP contribution in [0, 0.1) is 17.8 Å². The number of hydrogen-bond acceptors (Lipinski definition) is 0. The molecule has 0 saturated heterocycles. The highest BCUT2D eigenvalue weighted by Crippen LogP contribution is 2.43. The largest absolute Gasteiger partial charge is 0.247 e. The summed E-state index contributed by atoms with van der Waals surface area (Å²) in [5.74, 6) is 2.02. The van der Waals surface area contributed by atoms with Crippen LogP contribution in [0.15, 0.2) is 0 Å². The molecule has 18 heavy (non-hydrogen) atoms. The van der Waals surface area contributed by atoms with Crippen LogP contribution < -0.4 is 0 Å². The molecular formula is C16H28BrF. The molecule has 0 bridgehead atoms. The van der Waals surface area contributed by atoms with Crippen LogP contribution in [0.25, 0.3) is 0 Å². The molecule has 2 heteroatoms. The van der Waals surface area contributed by atoms with Crippen LogP contribution >= 0.6 is 15.9 Å². The summed E-state index contributed by atoms with van der Waals surface area (Å²) in [6.45, 7) is 2.28. The standard InChI is InChI=1S/C16H28BrF/c1-2-3-4-12-5-7-13(8-6-12)15-10-9-14(17)11-16(15)18/h12-16H,2-11H2,1H3. The van der Waals surface area contributed by atoms with Crippen LogP contribution in [0.4, 0.5) is 4.39 Å². The lowest BCUT2D eigenvalue weighted by Gasteiger charge is -2.38. The van der Waals surface area contributed by atoms with Gasteiger partial charge in [-0.1, -0.05) is 55.0 Å². The number of halogens is 2. The highest BCUT2D eigenvalue weighted by molar-refractivity contribution is 9.09. The first-order valence-corrected chi connectivity index (χ1v) is 8.90. The molecule has 0 heterocycles. The Morgan fingerprint density at radius 2 is 1.78 bits per heavy atom. The maximum atomic E-state index is 14.2. The Morgan fingerprint density at radius 1 is 1.06 bits per heavy atom. The fourth-order valence-corrected chi connectivity index (χ4v) is 4.64. The van der Waals surface area contributed by atoms with Crippen LogP contribution in [0.2, 0.25) is 0 Å². The molecule has 0 radical (unpaired) electrons. The Hall–Kier alpha value is 0.410. The van der Waals surface area contributed by atoms with Crippen molar-refractivity contribution >= 4 is 15.9 Å². The quantitative estimate of drug-likeness (QED) is 0.567. The molecule has 0 aromatic carbocycles. The minimum Gasteiger partial charge on any atom is -0.247 e. The van der Waals surface area contributed by atoms with Gasteiger partial charge in [-0.05, 0) is 49.9 Å². The van der Waals surface area contributed by atoms with E-state index >= 15 is 0 Å². The van der Waals surface area contributed by atoms with Gasteiger partial charge in [0.05, 0.1) is 0 Å². The summed E-state index contributed by atoms with van der Waals surface area (Å²) in [5.41, 5.74) is 0. The number of hydrogen-bond donors (Lipinski definition) is 0. The Kier molecular flexibility index (Phi) is 5.97. The summed E-state index contributed by atoms with van der Waals surface area (Å²) in [5, 5.41) is 0. The van der Waals surface area contributed by atoms with Gasteiger partial charge in [0.2, 0.25) is 0 Å². The molecule has 0 amide bonds. The van der Waals surface area contributed by atoms with Crippen molar-refractivity contribution in [2.24, 2.45) is 17.8 Å². The van der Waals surface area contributed by atoms with E-state index in [1.807, 2.05) is 0 Å². The minimum atomic E-state index is -0.541. The predicted molar refractivity (Wildman–Crippen MR) is 79.9 cm³/mol. The Balaban J connectivity index is 1.75. The summed E-state index contributed by atoms with van der Waals surface area (Å²) in [6, 6.07) is 0. The highest BCUT2D eigenvalue weighted by Gasteiger charge is 2.36. The molecule has 2 aliphatic rings. The molecule has 0 aromatic heterocycles. The first-order chi connectivity index (χ1) is 8.70. The first-order valence-electron chi connectivity index (χ1n) is 7.98. The third-order valence-corrected chi connectivity index (χ3v) is 6.05. The molecular weight excluding hydrogens is 291 g/mol. The molecule has 106 valence electrons.